The summed E-state index contributed by atoms with van der Waals surface area (Å²) in [6.07, 6.45) is 3.58. The predicted molar refractivity (Wildman–Crippen MR) is 109 cm³/mol. The van der Waals surface area contributed by atoms with E-state index in [1.54, 1.807) is 24.3 Å². The number of aryl methyl sites for hydroxylation is 1. The minimum absolute atomic E-state index is 0.0525. The summed E-state index contributed by atoms with van der Waals surface area (Å²) in [5, 5.41) is 0. The molecule has 7 heteroatoms. The molecule has 1 unspecified atom stereocenters. The molecular formula is C21H25N3O3S. The van der Waals surface area contributed by atoms with Gasteiger partial charge in [-0.15, -0.1) is 0 Å². The van der Waals surface area contributed by atoms with Gasteiger partial charge >= 0.3 is 0 Å². The Hall–Kier alpha value is -2.22. The maximum absolute atomic E-state index is 12.5. The maximum atomic E-state index is 12.5. The number of para-hydroxylation sites is 2. The first-order chi connectivity index (χ1) is 13.6. The van der Waals surface area contributed by atoms with Gasteiger partial charge in [0, 0.05) is 19.0 Å². The van der Waals surface area contributed by atoms with Crippen molar-refractivity contribution in [3.05, 3.63) is 60.5 Å². The minimum atomic E-state index is -3.46. The van der Waals surface area contributed by atoms with Gasteiger partial charge in [0.05, 0.1) is 4.90 Å². The molecule has 0 spiro atoms. The van der Waals surface area contributed by atoms with Crippen LogP contribution in [0.3, 0.4) is 0 Å². The zero-order valence-electron chi connectivity index (χ0n) is 15.8. The van der Waals surface area contributed by atoms with Crippen molar-refractivity contribution >= 4 is 21.1 Å². The van der Waals surface area contributed by atoms with Crippen molar-refractivity contribution < 1.29 is 12.8 Å². The molecular weight excluding hydrogens is 374 g/mol. The van der Waals surface area contributed by atoms with Crippen LogP contribution in [-0.4, -0.2) is 44.0 Å². The first kappa shape index (κ1) is 19.1. The highest BCUT2D eigenvalue weighted by Gasteiger charge is 2.25. The van der Waals surface area contributed by atoms with Crippen LogP contribution in [0.4, 0.5) is 0 Å². The number of aromatic nitrogens is 1. The number of hydrogen-bond donors (Lipinski definition) is 1. The molecule has 4 rings (SSSR count). The summed E-state index contributed by atoms with van der Waals surface area (Å²) in [4.78, 5) is 7.16. The molecule has 2 aromatic carbocycles. The third kappa shape index (κ3) is 4.60. The van der Waals surface area contributed by atoms with Crippen LogP contribution in [0.25, 0.3) is 11.1 Å². The van der Waals surface area contributed by atoms with E-state index in [-0.39, 0.29) is 6.04 Å². The van der Waals surface area contributed by atoms with Gasteiger partial charge in [0.1, 0.15) is 5.52 Å². The summed E-state index contributed by atoms with van der Waals surface area (Å²) < 4.78 is 33.7. The van der Waals surface area contributed by atoms with Crippen molar-refractivity contribution in [1.82, 2.24) is 14.6 Å². The number of nitrogens with one attached hydrogen (secondary N) is 1. The molecule has 0 amide bonds. The third-order valence-corrected chi connectivity index (χ3v) is 6.62. The lowest BCUT2D eigenvalue weighted by Crippen LogP contribution is -2.47. The lowest BCUT2D eigenvalue weighted by Gasteiger charge is -2.32. The SMILES string of the molecule is O=S(=O)(NC1CCCN(CCCc2nc3ccccc3o2)C1)c1ccccc1. The molecule has 0 radical (unpaired) electrons. The highest BCUT2D eigenvalue weighted by molar-refractivity contribution is 7.89. The molecule has 1 aliphatic rings. The lowest BCUT2D eigenvalue weighted by molar-refractivity contribution is 0.199. The fourth-order valence-electron chi connectivity index (χ4n) is 3.72. The highest BCUT2D eigenvalue weighted by atomic mass is 32.2. The second-order valence-corrected chi connectivity index (χ2v) is 8.97. The van der Waals surface area contributed by atoms with E-state index >= 15 is 0 Å². The molecule has 1 fully saturated rings. The van der Waals surface area contributed by atoms with Crippen LogP contribution in [0.2, 0.25) is 0 Å². The molecule has 3 aromatic rings. The van der Waals surface area contributed by atoms with Crippen LogP contribution >= 0.6 is 0 Å². The fourth-order valence-corrected chi connectivity index (χ4v) is 5.01. The third-order valence-electron chi connectivity index (χ3n) is 5.08. The number of likely N-dealkylation sites (tertiary alicyclic amines) is 1. The monoisotopic (exact) mass is 399 g/mol. The Morgan fingerprint density at radius 3 is 2.71 bits per heavy atom. The Morgan fingerprint density at radius 2 is 1.89 bits per heavy atom. The van der Waals surface area contributed by atoms with E-state index < -0.39 is 10.0 Å². The van der Waals surface area contributed by atoms with Crippen LogP contribution in [-0.2, 0) is 16.4 Å². The Balaban J connectivity index is 1.29. The maximum Gasteiger partial charge on any atom is 0.240 e. The van der Waals surface area contributed by atoms with Crippen molar-refractivity contribution in [2.24, 2.45) is 0 Å². The number of nitrogens with zero attached hydrogens (tertiary/aromatic N) is 2. The second kappa shape index (κ2) is 8.43. The van der Waals surface area contributed by atoms with E-state index in [1.165, 1.54) is 0 Å². The molecule has 1 aliphatic heterocycles. The van der Waals surface area contributed by atoms with Crippen LogP contribution in [0.15, 0.2) is 63.9 Å². The largest absolute Gasteiger partial charge is 0.441 e. The summed E-state index contributed by atoms with van der Waals surface area (Å²) in [5.74, 6) is 0.763. The zero-order chi connectivity index (χ0) is 19.4. The van der Waals surface area contributed by atoms with Gasteiger partial charge < -0.3 is 9.32 Å². The number of oxazole rings is 1. The molecule has 148 valence electrons. The van der Waals surface area contributed by atoms with Gasteiger partial charge in [-0.3, -0.25) is 0 Å². The molecule has 2 heterocycles. The molecule has 6 nitrogen and oxygen atoms in total. The number of fused-ring (bicyclic) bond motifs is 1. The first-order valence-corrected chi connectivity index (χ1v) is 11.2. The molecule has 28 heavy (non-hydrogen) atoms. The molecule has 1 N–H and O–H groups in total. The van der Waals surface area contributed by atoms with Gasteiger partial charge in [0.15, 0.2) is 11.5 Å². The Morgan fingerprint density at radius 1 is 1.11 bits per heavy atom. The Labute approximate surface area is 165 Å². The Bertz CT molecular complexity index is 985. The van der Waals surface area contributed by atoms with Crippen molar-refractivity contribution in [3.8, 4) is 0 Å². The average Bonchev–Trinajstić information content (AvgIpc) is 3.11. The van der Waals surface area contributed by atoms with Gasteiger partial charge in [-0.1, -0.05) is 30.3 Å². The molecule has 1 atom stereocenters. The van der Waals surface area contributed by atoms with Gasteiger partial charge in [0.2, 0.25) is 10.0 Å². The van der Waals surface area contributed by atoms with E-state index in [1.807, 2.05) is 30.3 Å². The Kier molecular flexibility index (Phi) is 5.75. The van der Waals surface area contributed by atoms with Crippen LogP contribution < -0.4 is 4.72 Å². The normalized spacial score (nSPS) is 18.5. The van der Waals surface area contributed by atoms with E-state index in [0.717, 1.165) is 62.3 Å². The summed E-state index contributed by atoms with van der Waals surface area (Å²) in [6, 6.07) is 16.3. The van der Waals surface area contributed by atoms with Gasteiger partial charge in [-0.05, 0) is 56.6 Å². The average molecular weight is 400 g/mol. The quantitative estimate of drug-likeness (QED) is 0.660. The van der Waals surface area contributed by atoms with E-state index in [4.69, 9.17) is 4.42 Å². The van der Waals surface area contributed by atoms with Gasteiger partial charge in [0.25, 0.3) is 0 Å². The smallest absolute Gasteiger partial charge is 0.240 e. The van der Waals surface area contributed by atoms with Crippen molar-refractivity contribution in [3.63, 3.8) is 0 Å². The summed E-state index contributed by atoms with van der Waals surface area (Å²) >= 11 is 0. The second-order valence-electron chi connectivity index (χ2n) is 7.25. The number of sulfonamides is 1. The number of piperidine rings is 1. The molecule has 0 bridgehead atoms. The van der Waals surface area contributed by atoms with Crippen molar-refractivity contribution in [1.29, 1.82) is 0 Å². The van der Waals surface area contributed by atoms with Crippen LogP contribution in [0.5, 0.6) is 0 Å². The van der Waals surface area contributed by atoms with Crippen molar-refractivity contribution in [2.75, 3.05) is 19.6 Å². The highest BCUT2D eigenvalue weighted by Crippen LogP contribution is 2.17. The zero-order valence-corrected chi connectivity index (χ0v) is 16.6. The van der Waals surface area contributed by atoms with E-state index in [9.17, 15) is 8.42 Å². The molecule has 0 aliphatic carbocycles. The number of benzene rings is 2. The molecule has 1 aromatic heterocycles. The topological polar surface area (TPSA) is 75.4 Å². The minimum Gasteiger partial charge on any atom is -0.441 e. The lowest BCUT2D eigenvalue weighted by atomic mass is 10.1. The fraction of sp³-hybridized carbons (Fsp3) is 0.381. The summed E-state index contributed by atoms with van der Waals surface area (Å²) in [5.41, 5.74) is 1.72. The van der Waals surface area contributed by atoms with Crippen molar-refractivity contribution in [2.45, 2.75) is 36.6 Å². The van der Waals surface area contributed by atoms with E-state index in [2.05, 4.69) is 14.6 Å². The summed E-state index contributed by atoms with van der Waals surface area (Å²) in [6.45, 7) is 2.64. The van der Waals surface area contributed by atoms with Crippen LogP contribution in [0.1, 0.15) is 25.2 Å². The number of hydrogen-bond acceptors (Lipinski definition) is 5. The number of rotatable bonds is 7. The van der Waals surface area contributed by atoms with Crippen LogP contribution in [0, 0.1) is 0 Å². The van der Waals surface area contributed by atoms with Gasteiger partial charge in [-0.25, -0.2) is 18.1 Å². The summed E-state index contributed by atoms with van der Waals surface area (Å²) in [7, 11) is -3.46. The van der Waals surface area contributed by atoms with Gasteiger partial charge in [-0.2, -0.15) is 0 Å². The molecule has 0 saturated carbocycles. The van der Waals surface area contributed by atoms with E-state index in [0.29, 0.717) is 4.90 Å². The molecule has 1 saturated heterocycles. The predicted octanol–water partition coefficient (Wildman–Crippen LogP) is 3.20. The first-order valence-electron chi connectivity index (χ1n) is 9.74. The standard InChI is InChI=1S/C21H25N3O3S/c25-28(26,18-9-2-1-3-10-18)23-17-8-6-14-24(16-17)15-7-13-21-22-19-11-4-5-12-20(19)27-21/h1-5,9-12,17,23H,6-8,13-16H2.